The van der Waals surface area contributed by atoms with Crippen LogP contribution in [0.5, 0.6) is 0 Å². The fourth-order valence-electron chi connectivity index (χ4n) is 4.23. The molecule has 1 amide bonds. The third-order valence-corrected chi connectivity index (χ3v) is 5.70. The number of hydrogen-bond donors (Lipinski definition) is 0. The maximum Gasteiger partial charge on any atom is 0.254 e. The van der Waals surface area contributed by atoms with E-state index in [4.69, 9.17) is 4.74 Å². The average Bonchev–Trinajstić information content (AvgIpc) is 2.75. The van der Waals surface area contributed by atoms with Gasteiger partial charge in [0.1, 0.15) is 0 Å². The van der Waals surface area contributed by atoms with E-state index in [1.807, 2.05) is 36.4 Å². The van der Waals surface area contributed by atoms with Gasteiger partial charge in [-0.3, -0.25) is 9.69 Å². The van der Waals surface area contributed by atoms with Crippen molar-refractivity contribution in [3.05, 3.63) is 60.2 Å². The molecule has 0 unspecified atom stereocenters. The molecule has 0 aliphatic carbocycles. The third-order valence-electron chi connectivity index (χ3n) is 5.70. The highest BCUT2D eigenvalue weighted by Crippen LogP contribution is 2.27. The fraction of sp³-hybridized carbons (Fsp3) is 0.435. The number of likely N-dealkylation sites (tertiary alicyclic amines) is 1. The number of piperidine rings is 1. The van der Waals surface area contributed by atoms with E-state index in [1.165, 1.54) is 6.42 Å². The van der Waals surface area contributed by atoms with Crippen LogP contribution in [0.25, 0.3) is 11.1 Å². The van der Waals surface area contributed by atoms with Crippen molar-refractivity contribution in [1.82, 2.24) is 9.80 Å². The number of carbonyl (C=O) groups is 1. The molecule has 0 radical (unpaired) electrons. The Hall–Kier alpha value is -2.17. The number of carbonyl (C=O) groups excluding carboxylic acids is 1. The molecule has 0 N–H and O–H groups in total. The monoisotopic (exact) mass is 364 g/mol. The Kier molecular flexibility index (Phi) is 5.85. The van der Waals surface area contributed by atoms with Crippen LogP contribution < -0.4 is 0 Å². The van der Waals surface area contributed by atoms with Gasteiger partial charge in [-0.1, -0.05) is 48.5 Å². The second kappa shape index (κ2) is 8.68. The molecule has 2 saturated heterocycles. The molecule has 4 nitrogen and oxygen atoms in total. The Balaban J connectivity index is 1.57. The molecule has 2 aromatic carbocycles. The summed E-state index contributed by atoms with van der Waals surface area (Å²) in [7, 11) is 0. The Morgan fingerprint density at radius 3 is 2.48 bits per heavy atom. The predicted octanol–water partition coefficient (Wildman–Crippen LogP) is 3.68. The van der Waals surface area contributed by atoms with Gasteiger partial charge in [-0.15, -0.1) is 0 Å². The minimum absolute atomic E-state index is 0.174. The van der Waals surface area contributed by atoms with E-state index in [2.05, 4.69) is 28.0 Å². The van der Waals surface area contributed by atoms with Crippen molar-refractivity contribution in [3.63, 3.8) is 0 Å². The molecule has 0 spiro atoms. The topological polar surface area (TPSA) is 32.8 Å². The summed E-state index contributed by atoms with van der Waals surface area (Å²) in [6.45, 7) is 5.37. The summed E-state index contributed by atoms with van der Waals surface area (Å²) in [5.41, 5.74) is 2.94. The molecule has 4 rings (SSSR count). The van der Waals surface area contributed by atoms with Gasteiger partial charge in [-0.2, -0.15) is 0 Å². The second-order valence-corrected chi connectivity index (χ2v) is 7.47. The molecule has 2 heterocycles. The molecule has 142 valence electrons. The molecule has 1 atom stereocenters. The Labute approximate surface area is 161 Å². The molecule has 4 heteroatoms. The number of morpholine rings is 1. The zero-order chi connectivity index (χ0) is 18.5. The number of amides is 1. The van der Waals surface area contributed by atoms with Crippen LogP contribution in [0.3, 0.4) is 0 Å². The molecular formula is C23H28N2O2. The first kappa shape index (κ1) is 18.2. The number of hydrogen-bond acceptors (Lipinski definition) is 3. The van der Waals surface area contributed by atoms with E-state index in [0.717, 1.165) is 68.9 Å². The number of benzene rings is 2. The summed E-state index contributed by atoms with van der Waals surface area (Å²) >= 11 is 0. The van der Waals surface area contributed by atoms with Crippen LogP contribution in [-0.4, -0.2) is 61.1 Å². The zero-order valence-corrected chi connectivity index (χ0v) is 15.8. The molecule has 0 saturated carbocycles. The summed E-state index contributed by atoms with van der Waals surface area (Å²) in [6, 6.07) is 18.5. The maximum atomic E-state index is 13.5. The lowest BCUT2D eigenvalue weighted by Gasteiger charge is -2.40. The van der Waals surface area contributed by atoms with Gasteiger partial charge in [-0.25, -0.2) is 0 Å². The van der Waals surface area contributed by atoms with Crippen LogP contribution in [0.2, 0.25) is 0 Å². The first-order valence-corrected chi connectivity index (χ1v) is 10.1. The number of nitrogens with zero attached hydrogens (tertiary/aromatic N) is 2. The van der Waals surface area contributed by atoms with Crippen LogP contribution >= 0.6 is 0 Å². The van der Waals surface area contributed by atoms with Gasteiger partial charge < -0.3 is 9.64 Å². The van der Waals surface area contributed by atoms with Gasteiger partial charge in [0, 0.05) is 37.8 Å². The quantitative estimate of drug-likeness (QED) is 0.830. The first-order valence-electron chi connectivity index (χ1n) is 10.1. The van der Waals surface area contributed by atoms with E-state index in [9.17, 15) is 4.79 Å². The first-order chi connectivity index (χ1) is 13.3. The van der Waals surface area contributed by atoms with Gasteiger partial charge in [0.05, 0.1) is 13.2 Å². The zero-order valence-electron chi connectivity index (χ0n) is 15.8. The molecule has 0 bridgehead atoms. The Morgan fingerprint density at radius 1 is 0.926 bits per heavy atom. The van der Waals surface area contributed by atoms with Crippen LogP contribution in [0.1, 0.15) is 29.6 Å². The highest BCUT2D eigenvalue weighted by molar-refractivity contribution is 6.01. The van der Waals surface area contributed by atoms with Crippen LogP contribution in [-0.2, 0) is 4.74 Å². The lowest BCUT2D eigenvalue weighted by atomic mass is 9.96. The molecule has 0 aromatic heterocycles. The standard InChI is InChI=1S/C23H28N2O2/c26-23(22-12-5-4-11-21(22)19-8-2-1-3-9-19)25-13-7-6-10-20(25)18-24-14-16-27-17-15-24/h1-5,8-9,11-12,20H,6-7,10,13-18H2/t20-/m1/s1. The van der Waals surface area contributed by atoms with Gasteiger partial charge in [0.15, 0.2) is 0 Å². The van der Waals surface area contributed by atoms with Gasteiger partial charge in [0.25, 0.3) is 5.91 Å². The maximum absolute atomic E-state index is 13.5. The predicted molar refractivity (Wildman–Crippen MR) is 108 cm³/mol. The lowest BCUT2D eigenvalue weighted by Crippen LogP contribution is -2.51. The van der Waals surface area contributed by atoms with E-state index in [1.54, 1.807) is 0 Å². The third kappa shape index (κ3) is 4.23. The summed E-state index contributed by atoms with van der Waals surface area (Å²) in [5, 5.41) is 0. The minimum atomic E-state index is 0.174. The van der Waals surface area contributed by atoms with Crippen molar-refractivity contribution in [2.75, 3.05) is 39.4 Å². The normalized spacial score (nSPS) is 21.2. The van der Waals surface area contributed by atoms with Gasteiger partial charge in [0.2, 0.25) is 0 Å². The average molecular weight is 364 g/mol. The molecule has 27 heavy (non-hydrogen) atoms. The van der Waals surface area contributed by atoms with Crippen molar-refractivity contribution >= 4 is 5.91 Å². The molecule has 2 aliphatic heterocycles. The fourth-order valence-corrected chi connectivity index (χ4v) is 4.23. The van der Waals surface area contributed by atoms with Gasteiger partial charge in [-0.05, 0) is 36.5 Å². The van der Waals surface area contributed by atoms with Crippen molar-refractivity contribution in [2.24, 2.45) is 0 Å². The molecule has 2 fully saturated rings. The highest BCUT2D eigenvalue weighted by atomic mass is 16.5. The van der Waals surface area contributed by atoms with Crippen molar-refractivity contribution in [3.8, 4) is 11.1 Å². The molecule has 2 aliphatic rings. The van der Waals surface area contributed by atoms with E-state index in [0.29, 0.717) is 6.04 Å². The summed E-state index contributed by atoms with van der Waals surface area (Å²) in [4.78, 5) is 18.1. The SMILES string of the molecule is O=C(c1ccccc1-c1ccccc1)N1CCCC[C@@H]1CN1CCOCC1. The van der Waals surface area contributed by atoms with E-state index < -0.39 is 0 Å². The van der Waals surface area contributed by atoms with Crippen molar-refractivity contribution in [1.29, 1.82) is 0 Å². The molecule has 2 aromatic rings. The molecular weight excluding hydrogens is 336 g/mol. The summed E-state index contributed by atoms with van der Waals surface area (Å²) in [5.74, 6) is 0.174. The summed E-state index contributed by atoms with van der Waals surface area (Å²) in [6.07, 6.45) is 3.40. The van der Waals surface area contributed by atoms with Crippen molar-refractivity contribution in [2.45, 2.75) is 25.3 Å². The van der Waals surface area contributed by atoms with Crippen molar-refractivity contribution < 1.29 is 9.53 Å². The van der Waals surface area contributed by atoms with Crippen LogP contribution in [0.4, 0.5) is 0 Å². The lowest BCUT2D eigenvalue weighted by molar-refractivity contribution is 0.0166. The Morgan fingerprint density at radius 2 is 1.67 bits per heavy atom. The summed E-state index contributed by atoms with van der Waals surface area (Å²) < 4.78 is 5.48. The Bertz CT molecular complexity index is 756. The van der Waals surface area contributed by atoms with E-state index in [-0.39, 0.29) is 5.91 Å². The van der Waals surface area contributed by atoms with Gasteiger partial charge >= 0.3 is 0 Å². The largest absolute Gasteiger partial charge is 0.379 e. The van der Waals surface area contributed by atoms with Crippen LogP contribution in [0.15, 0.2) is 54.6 Å². The second-order valence-electron chi connectivity index (χ2n) is 7.47. The van der Waals surface area contributed by atoms with Crippen LogP contribution in [0, 0.1) is 0 Å². The number of ether oxygens (including phenoxy) is 1. The minimum Gasteiger partial charge on any atom is -0.379 e. The highest BCUT2D eigenvalue weighted by Gasteiger charge is 2.30. The van der Waals surface area contributed by atoms with E-state index >= 15 is 0 Å². The smallest absolute Gasteiger partial charge is 0.254 e. The number of rotatable bonds is 4.